The van der Waals surface area contributed by atoms with Gasteiger partial charge in [0.25, 0.3) is 0 Å². The third-order valence-electron chi connectivity index (χ3n) is 5.22. The van der Waals surface area contributed by atoms with Crippen molar-refractivity contribution in [2.75, 3.05) is 20.3 Å². The number of ether oxygens (including phenoxy) is 2. The van der Waals surface area contributed by atoms with Crippen LogP contribution in [-0.2, 0) is 21.4 Å². The summed E-state index contributed by atoms with van der Waals surface area (Å²) in [4.78, 5) is 11.3. The van der Waals surface area contributed by atoms with E-state index in [0.29, 0.717) is 13.2 Å². The zero-order chi connectivity index (χ0) is 14.9. The van der Waals surface area contributed by atoms with Crippen LogP contribution in [0.3, 0.4) is 0 Å². The molecule has 0 saturated carbocycles. The Morgan fingerprint density at radius 3 is 2.86 bits per heavy atom. The quantitative estimate of drug-likeness (QED) is 0.930. The number of hydrogen-bond acceptors (Lipinski definition) is 3. The number of aliphatic carboxylic acids is 1. The highest BCUT2D eigenvalue weighted by Gasteiger charge is 2.46. The van der Waals surface area contributed by atoms with Crippen LogP contribution in [0.1, 0.15) is 36.8 Å². The van der Waals surface area contributed by atoms with Crippen molar-refractivity contribution in [1.82, 2.24) is 0 Å². The molecule has 4 heteroatoms. The van der Waals surface area contributed by atoms with Crippen molar-refractivity contribution in [3.05, 3.63) is 29.3 Å². The summed E-state index contributed by atoms with van der Waals surface area (Å²) < 4.78 is 11.1. The molecule has 3 rings (SSSR count). The van der Waals surface area contributed by atoms with Crippen LogP contribution in [0, 0.1) is 5.92 Å². The third-order valence-corrected chi connectivity index (χ3v) is 5.22. The van der Waals surface area contributed by atoms with Crippen LogP contribution in [-0.4, -0.2) is 31.4 Å². The molecule has 1 aromatic rings. The molecular weight excluding hydrogens is 268 g/mol. The molecule has 1 fully saturated rings. The Bertz CT molecular complexity index is 532. The molecule has 1 saturated heterocycles. The summed E-state index contributed by atoms with van der Waals surface area (Å²) in [6.45, 7) is 1.43. The topological polar surface area (TPSA) is 55.8 Å². The van der Waals surface area contributed by atoms with Gasteiger partial charge in [0.1, 0.15) is 5.75 Å². The first-order chi connectivity index (χ1) is 10.2. The standard InChI is InChI=1S/C17H22O4/c1-20-15-4-2-3-14-13(15)6-5-12(11-16(18)19)17(14)7-9-21-10-8-17/h2-4,12H,5-11H2,1H3,(H,18,19). The minimum Gasteiger partial charge on any atom is -0.496 e. The van der Waals surface area contributed by atoms with E-state index in [2.05, 4.69) is 6.07 Å². The van der Waals surface area contributed by atoms with Crippen LogP contribution >= 0.6 is 0 Å². The lowest BCUT2D eigenvalue weighted by Crippen LogP contribution is -2.45. The second-order valence-corrected chi connectivity index (χ2v) is 6.09. The van der Waals surface area contributed by atoms with Gasteiger partial charge >= 0.3 is 5.97 Å². The highest BCUT2D eigenvalue weighted by Crippen LogP contribution is 2.51. The SMILES string of the molecule is COc1cccc2c1CCC(CC(=O)O)C21CCOCC1. The smallest absolute Gasteiger partial charge is 0.303 e. The van der Waals surface area contributed by atoms with Gasteiger partial charge in [-0.25, -0.2) is 0 Å². The number of methoxy groups -OCH3 is 1. The Labute approximate surface area is 125 Å². The first kappa shape index (κ1) is 14.4. The molecule has 1 unspecified atom stereocenters. The fraction of sp³-hybridized carbons (Fsp3) is 0.588. The van der Waals surface area contributed by atoms with Gasteiger partial charge in [0.2, 0.25) is 0 Å². The predicted octanol–water partition coefficient (Wildman–Crippen LogP) is 2.78. The van der Waals surface area contributed by atoms with E-state index < -0.39 is 5.97 Å². The molecule has 1 N–H and O–H groups in total. The minimum atomic E-state index is -0.697. The van der Waals surface area contributed by atoms with Gasteiger partial charge in [0.15, 0.2) is 0 Å². The van der Waals surface area contributed by atoms with Crippen LogP contribution in [0.2, 0.25) is 0 Å². The highest BCUT2D eigenvalue weighted by molar-refractivity contribution is 5.67. The van der Waals surface area contributed by atoms with Crippen LogP contribution in [0.15, 0.2) is 18.2 Å². The van der Waals surface area contributed by atoms with Gasteiger partial charge in [-0.1, -0.05) is 12.1 Å². The summed E-state index contributed by atoms with van der Waals surface area (Å²) in [5, 5.41) is 9.27. The van der Waals surface area contributed by atoms with E-state index in [1.165, 1.54) is 11.1 Å². The van der Waals surface area contributed by atoms with Crippen LogP contribution in [0.5, 0.6) is 5.75 Å². The molecule has 0 radical (unpaired) electrons. The lowest BCUT2D eigenvalue weighted by molar-refractivity contribution is -0.139. The first-order valence-electron chi connectivity index (χ1n) is 7.63. The van der Waals surface area contributed by atoms with Crippen molar-refractivity contribution >= 4 is 5.97 Å². The van der Waals surface area contributed by atoms with E-state index in [-0.39, 0.29) is 17.8 Å². The van der Waals surface area contributed by atoms with Crippen molar-refractivity contribution in [2.45, 2.75) is 37.5 Å². The molecule has 0 aromatic heterocycles. The molecular formula is C17H22O4. The number of hydrogen-bond donors (Lipinski definition) is 1. The lowest BCUT2D eigenvalue weighted by atomic mass is 9.58. The molecule has 1 aromatic carbocycles. The highest BCUT2D eigenvalue weighted by atomic mass is 16.5. The van der Waals surface area contributed by atoms with Crippen molar-refractivity contribution in [3.8, 4) is 5.75 Å². The Morgan fingerprint density at radius 2 is 2.19 bits per heavy atom. The van der Waals surface area contributed by atoms with Gasteiger partial charge in [-0.3, -0.25) is 4.79 Å². The molecule has 21 heavy (non-hydrogen) atoms. The summed E-state index contributed by atoms with van der Waals surface area (Å²) in [7, 11) is 1.70. The minimum absolute atomic E-state index is 0.0568. The molecule has 114 valence electrons. The fourth-order valence-electron chi connectivity index (χ4n) is 4.22. The maximum Gasteiger partial charge on any atom is 0.303 e. The molecule has 0 bridgehead atoms. The number of fused-ring (bicyclic) bond motifs is 2. The number of rotatable bonds is 3. The van der Waals surface area contributed by atoms with E-state index in [9.17, 15) is 9.90 Å². The maximum atomic E-state index is 11.3. The average molecular weight is 290 g/mol. The molecule has 2 aliphatic rings. The zero-order valence-electron chi connectivity index (χ0n) is 12.4. The van der Waals surface area contributed by atoms with E-state index in [0.717, 1.165) is 31.4 Å². The Balaban J connectivity index is 2.07. The van der Waals surface area contributed by atoms with Crippen LogP contribution in [0.25, 0.3) is 0 Å². The summed E-state index contributed by atoms with van der Waals surface area (Å²) in [6.07, 6.45) is 3.88. The fourth-order valence-corrected chi connectivity index (χ4v) is 4.22. The first-order valence-corrected chi connectivity index (χ1v) is 7.63. The van der Waals surface area contributed by atoms with Gasteiger partial charge in [0.05, 0.1) is 7.11 Å². The average Bonchev–Trinajstić information content (AvgIpc) is 2.50. The Morgan fingerprint density at radius 1 is 1.43 bits per heavy atom. The van der Waals surface area contributed by atoms with E-state index >= 15 is 0 Å². The second kappa shape index (κ2) is 5.68. The van der Waals surface area contributed by atoms with Gasteiger partial charge in [0, 0.05) is 25.0 Å². The number of carbonyl (C=O) groups is 1. The molecule has 1 atom stereocenters. The third kappa shape index (κ3) is 2.42. The molecule has 0 amide bonds. The maximum absolute atomic E-state index is 11.3. The summed E-state index contributed by atoms with van der Waals surface area (Å²) >= 11 is 0. The van der Waals surface area contributed by atoms with Crippen molar-refractivity contribution in [1.29, 1.82) is 0 Å². The number of benzene rings is 1. The largest absolute Gasteiger partial charge is 0.496 e. The summed E-state index contributed by atoms with van der Waals surface area (Å²) in [6, 6.07) is 6.19. The van der Waals surface area contributed by atoms with Gasteiger partial charge in [-0.05, 0) is 48.8 Å². The molecule has 4 nitrogen and oxygen atoms in total. The Kier molecular flexibility index (Phi) is 3.89. The van der Waals surface area contributed by atoms with E-state index in [1.807, 2.05) is 12.1 Å². The molecule has 1 heterocycles. The normalized spacial score (nSPS) is 23.6. The number of carboxylic acids is 1. The second-order valence-electron chi connectivity index (χ2n) is 6.09. The number of carboxylic acid groups (broad SMARTS) is 1. The van der Waals surface area contributed by atoms with Gasteiger partial charge in [-0.2, -0.15) is 0 Å². The monoisotopic (exact) mass is 290 g/mol. The zero-order valence-corrected chi connectivity index (χ0v) is 12.4. The van der Waals surface area contributed by atoms with Crippen LogP contribution < -0.4 is 4.74 Å². The van der Waals surface area contributed by atoms with Crippen molar-refractivity contribution < 1.29 is 19.4 Å². The van der Waals surface area contributed by atoms with E-state index in [1.54, 1.807) is 7.11 Å². The molecule has 1 aliphatic carbocycles. The summed E-state index contributed by atoms with van der Waals surface area (Å²) in [5.41, 5.74) is 2.50. The molecule has 1 spiro atoms. The lowest BCUT2D eigenvalue weighted by Gasteiger charge is -2.47. The van der Waals surface area contributed by atoms with Gasteiger partial charge in [-0.15, -0.1) is 0 Å². The van der Waals surface area contributed by atoms with Crippen molar-refractivity contribution in [3.63, 3.8) is 0 Å². The predicted molar refractivity (Wildman–Crippen MR) is 78.8 cm³/mol. The van der Waals surface area contributed by atoms with E-state index in [4.69, 9.17) is 9.47 Å². The van der Waals surface area contributed by atoms with Crippen molar-refractivity contribution in [2.24, 2.45) is 5.92 Å². The molecule has 1 aliphatic heterocycles. The van der Waals surface area contributed by atoms with Gasteiger partial charge < -0.3 is 14.6 Å². The van der Waals surface area contributed by atoms with Crippen LogP contribution in [0.4, 0.5) is 0 Å². The summed E-state index contributed by atoms with van der Waals surface area (Å²) in [5.74, 6) is 0.433. The Hall–Kier alpha value is -1.55.